The lowest BCUT2D eigenvalue weighted by atomic mass is 9.98. The molecule has 0 aliphatic rings. The van der Waals surface area contributed by atoms with Crippen LogP contribution in [0.1, 0.15) is 0 Å². The van der Waals surface area contributed by atoms with E-state index >= 15 is 0 Å². The minimum absolute atomic E-state index is 1.11. The zero-order valence-electron chi connectivity index (χ0n) is 27.0. The summed E-state index contributed by atoms with van der Waals surface area (Å²) in [5.74, 6) is 0. The van der Waals surface area contributed by atoms with E-state index in [1.165, 1.54) is 65.7 Å². The number of hydrogen-bond donors (Lipinski definition) is 0. The Morgan fingerprint density at radius 3 is 0.939 bits per heavy atom. The van der Waals surface area contributed by atoms with Crippen LogP contribution in [0.25, 0.3) is 82.4 Å². The summed E-state index contributed by atoms with van der Waals surface area (Å²) in [5, 5.41) is 7.26. The second kappa shape index (κ2) is 12.3. The molecule has 0 unspecified atom stereocenters. The summed E-state index contributed by atoms with van der Waals surface area (Å²) >= 11 is 0. The molecule has 0 saturated carbocycles. The number of fused-ring (bicyclic) bond motifs is 7. The molecule has 1 heterocycles. The molecule has 0 saturated heterocycles. The van der Waals surface area contributed by atoms with E-state index < -0.39 is 0 Å². The van der Waals surface area contributed by atoms with Gasteiger partial charge in [-0.1, -0.05) is 164 Å². The van der Waals surface area contributed by atoms with Crippen LogP contribution in [-0.2, 0) is 0 Å². The fourth-order valence-electron chi connectivity index (χ4n) is 7.26. The quantitative estimate of drug-likeness (QED) is 0.184. The first kappa shape index (κ1) is 28.8. The first-order valence-corrected chi connectivity index (χ1v) is 16.9. The highest BCUT2D eigenvalue weighted by atomic mass is 15.0. The van der Waals surface area contributed by atoms with E-state index in [9.17, 15) is 0 Å². The van der Waals surface area contributed by atoms with Crippen molar-refractivity contribution in [1.29, 1.82) is 0 Å². The molecule has 9 rings (SSSR count). The molecule has 230 valence electrons. The monoisotopic (exact) mass is 623 g/mol. The second-order valence-electron chi connectivity index (χ2n) is 12.5. The molecule has 1 nitrogen and oxygen atoms in total. The first-order chi connectivity index (χ1) is 24.3. The summed E-state index contributed by atoms with van der Waals surface area (Å²) in [4.78, 5) is 0. The number of benzene rings is 8. The normalized spacial score (nSPS) is 11.3. The Balaban J connectivity index is 1.49. The molecule has 0 spiro atoms. The number of aromatic nitrogens is 1. The van der Waals surface area contributed by atoms with E-state index in [-0.39, 0.29) is 0 Å². The third kappa shape index (κ3) is 5.23. The maximum atomic E-state index is 2.46. The van der Waals surface area contributed by atoms with E-state index in [1.54, 1.807) is 0 Å². The fraction of sp³-hybridized carbons (Fsp3) is 0. The Bertz CT molecular complexity index is 2520. The van der Waals surface area contributed by atoms with Gasteiger partial charge in [-0.25, -0.2) is 0 Å². The second-order valence-corrected chi connectivity index (χ2v) is 12.5. The molecule has 0 radical (unpaired) electrons. The summed E-state index contributed by atoms with van der Waals surface area (Å²) in [5.41, 5.74) is 10.6. The lowest BCUT2D eigenvalue weighted by Crippen LogP contribution is -1.98. The molecule has 0 aliphatic carbocycles. The van der Waals surface area contributed by atoms with Crippen molar-refractivity contribution in [3.63, 3.8) is 0 Å². The van der Waals surface area contributed by atoms with Gasteiger partial charge in [0.15, 0.2) is 0 Å². The SMILES string of the molecule is c1ccc(-c2ccc(-n3c4ccc(-c5ccccc5)cc4c4ccccc4c4ccccc4c4cc(-c5ccccc5)ccc43)cc2)cc1. The Labute approximate surface area is 286 Å². The Morgan fingerprint density at radius 2 is 0.531 bits per heavy atom. The van der Waals surface area contributed by atoms with Crippen molar-refractivity contribution in [3.8, 4) is 39.1 Å². The van der Waals surface area contributed by atoms with E-state index in [0.29, 0.717) is 0 Å². The van der Waals surface area contributed by atoms with E-state index in [2.05, 4.69) is 205 Å². The zero-order chi connectivity index (χ0) is 32.6. The minimum atomic E-state index is 1.11. The van der Waals surface area contributed by atoms with Gasteiger partial charge in [-0.2, -0.15) is 0 Å². The minimum Gasteiger partial charge on any atom is -0.309 e. The van der Waals surface area contributed by atoms with Crippen LogP contribution in [0.4, 0.5) is 0 Å². The molecule has 8 aromatic carbocycles. The topological polar surface area (TPSA) is 4.93 Å². The van der Waals surface area contributed by atoms with Gasteiger partial charge in [0.2, 0.25) is 0 Å². The largest absolute Gasteiger partial charge is 0.309 e. The van der Waals surface area contributed by atoms with Crippen LogP contribution in [0.3, 0.4) is 0 Å². The lowest BCUT2D eigenvalue weighted by Gasteiger charge is -2.16. The lowest BCUT2D eigenvalue weighted by molar-refractivity contribution is 1.17. The molecule has 9 aromatic rings. The summed E-state index contributed by atoms with van der Waals surface area (Å²) < 4.78 is 2.46. The maximum Gasteiger partial charge on any atom is 0.0540 e. The summed E-state index contributed by atoms with van der Waals surface area (Å²) in [6.07, 6.45) is 0. The highest BCUT2D eigenvalue weighted by molar-refractivity contribution is 6.20. The van der Waals surface area contributed by atoms with Crippen LogP contribution >= 0.6 is 0 Å². The van der Waals surface area contributed by atoms with Crippen molar-refractivity contribution in [2.45, 2.75) is 0 Å². The summed E-state index contributed by atoms with van der Waals surface area (Å²) in [6, 6.07) is 72.7. The van der Waals surface area contributed by atoms with Crippen LogP contribution in [0, 0.1) is 0 Å². The van der Waals surface area contributed by atoms with Gasteiger partial charge in [-0.05, 0) is 91.3 Å². The number of rotatable bonds is 4. The smallest absolute Gasteiger partial charge is 0.0540 e. The average Bonchev–Trinajstić information content (AvgIpc) is 3.23. The van der Waals surface area contributed by atoms with Crippen LogP contribution < -0.4 is 0 Å². The van der Waals surface area contributed by atoms with Gasteiger partial charge in [0, 0.05) is 16.5 Å². The van der Waals surface area contributed by atoms with Crippen molar-refractivity contribution in [1.82, 2.24) is 4.57 Å². The Morgan fingerprint density at radius 1 is 0.224 bits per heavy atom. The predicted molar refractivity (Wildman–Crippen MR) is 210 cm³/mol. The molecule has 0 fully saturated rings. The van der Waals surface area contributed by atoms with Crippen LogP contribution in [0.5, 0.6) is 0 Å². The van der Waals surface area contributed by atoms with Gasteiger partial charge in [0.25, 0.3) is 0 Å². The highest BCUT2D eigenvalue weighted by Crippen LogP contribution is 2.37. The summed E-state index contributed by atoms with van der Waals surface area (Å²) in [7, 11) is 0. The van der Waals surface area contributed by atoms with Crippen molar-refractivity contribution < 1.29 is 0 Å². The molecule has 0 atom stereocenters. The maximum absolute atomic E-state index is 2.46. The van der Waals surface area contributed by atoms with Crippen LogP contribution in [-0.4, -0.2) is 4.57 Å². The van der Waals surface area contributed by atoms with Crippen LogP contribution in [0.2, 0.25) is 0 Å². The van der Waals surface area contributed by atoms with Crippen molar-refractivity contribution in [2.75, 3.05) is 0 Å². The number of nitrogens with zero attached hydrogens (tertiary/aromatic N) is 1. The third-order valence-corrected chi connectivity index (χ3v) is 9.65. The van der Waals surface area contributed by atoms with Gasteiger partial charge in [0.1, 0.15) is 0 Å². The first-order valence-electron chi connectivity index (χ1n) is 16.9. The molecular formula is C48H33N. The fourth-order valence-corrected chi connectivity index (χ4v) is 7.26. The van der Waals surface area contributed by atoms with Gasteiger partial charge in [0.05, 0.1) is 11.0 Å². The molecule has 0 bridgehead atoms. The zero-order valence-corrected chi connectivity index (χ0v) is 27.0. The highest BCUT2D eigenvalue weighted by Gasteiger charge is 2.13. The van der Waals surface area contributed by atoms with Gasteiger partial charge < -0.3 is 4.57 Å². The van der Waals surface area contributed by atoms with Crippen molar-refractivity contribution in [3.05, 3.63) is 200 Å². The van der Waals surface area contributed by atoms with E-state index in [4.69, 9.17) is 0 Å². The van der Waals surface area contributed by atoms with Gasteiger partial charge >= 0.3 is 0 Å². The molecule has 49 heavy (non-hydrogen) atoms. The third-order valence-electron chi connectivity index (χ3n) is 9.65. The standard InChI is InChI=1S/C48H33N/c1-4-14-34(15-5-1)37-24-28-40(29-25-37)49-47-30-26-38(35-16-6-2-7-17-35)32-45(47)43-22-12-10-20-41(43)42-21-11-13-23-44(42)46-33-39(27-31-48(46)49)36-18-8-3-9-19-36/h1-33H. The summed E-state index contributed by atoms with van der Waals surface area (Å²) in [6.45, 7) is 0. The number of hydrogen-bond acceptors (Lipinski definition) is 0. The van der Waals surface area contributed by atoms with Crippen LogP contribution in [0.15, 0.2) is 200 Å². The van der Waals surface area contributed by atoms with Crippen molar-refractivity contribution in [2.24, 2.45) is 0 Å². The van der Waals surface area contributed by atoms with Crippen molar-refractivity contribution >= 4 is 43.4 Å². The Kier molecular flexibility index (Phi) is 7.22. The molecule has 0 amide bonds. The predicted octanol–water partition coefficient (Wildman–Crippen LogP) is 13.2. The molecule has 1 aromatic heterocycles. The van der Waals surface area contributed by atoms with E-state index in [1.807, 2.05) is 0 Å². The Hall–Kier alpha value is -6.44. The molecular weight excluding hydrogens is 591 g/mol. The molecule has 0 N–H and O–H groups in total. The van der Waals surface area contributed by atoms with Gasteiger partial charge in [-0.15, -0.1) is 0 Å². The molecule has 0 aliphatic heterocycles. The molecule has 1 heteroatoms. The average molecular weight is 624 g/mol. The van der Waals surface area contributed by atoms with Gasteiger partial charge in [-0.3, -0.25) is 0 Å². The van der Waals surface area contributed by atoms with E-state index in [0.717, 1.165) is 16.7 Å².